The monoisotopic (exact) mass is 372 g/mol. The number of anilines is 1. The Balaban J connectivity index is 1.81. The molecule has 2 aromatic rings. The van der Waals surface area contributed by atoms with Crippen LogP contribution >= 0.6 is 0 Å². The first-order chi connectivity index (χ1) is 12.2. The molecule has 0 aromatic heterocycles. The van der Waals surface area contributed by atoms with Crippen LogP contribution in [0.15, 0.2) is 42.5 Å². The van der Waals surface area contributed by atoms with E-state index < -0.39 is 10.0 Å². The van der Waals surface area contributed by atoms with Crippen molar-refractivity contribution in [2.75, 3.05) is 17.6 Å². The van der Waals surface area contributed by atoms with E-state index in [9.17, 15) is 13.2 Å². The third-order valence-electron chi connectivity index (χ3n) is 4.72. The molecule has 0 aliphatic carbocycles. The SMILES string of the molecule is Cc1ccc(CN(C)C(=O)c2ccc3c(c2)CC(C)N3S(C)(=O)=O)cc1. The second-order valence-electron chi connectivity index (χ2n) is 7.10. The fourth-order valence-corrected chi connectivity index (χ4v) is 4.76. The maximum Gasteiger partial charge on any atom is 0.253 e. The number of carbonyl (C=O) groups is 1. The lowest BCUT2D eigenvalue weighted by Crippen LogP contribution is -2.34. The number of hydrogen-bond donors (Lipinski definition) is 0. The standard InChI is InChI=1S/C20H24N2O3S/c1-14-5-7-16(8-6-14)13-21(3)20(23)17-9-10-19-18(12-17)11-15(2)22(19)26(4,24)25/h5-10,12,15H,11,13H2,1-4H3. The Morgan fingerprint density at radius 1 is 1.19 bits per heavy atom. The second kappa shape index (κ2) is 6.76. The molecular formula is C20H24N2O3S. The summed E-state index contributed by atoms with van der Waals surface area (Å²) in [6, 6.07) is 13.3. The first kappa shape index (κ1) is 18.5. The average Bonchev–Trinajstić information content (AvgIpc) is 2.91. The van der Waals surface area contributed by atoms with Gasteiger partial charge >= 0.3 is 0 Å². The van der Waals surface area contributed by atoms with Gasteiger partial charge in [-0.1, -0.05) is 29.8 Å². The van der Waals surface area contributed by atoms with Crippen LogP contribution in [0.1, 0.15) is 34.0 Å². The topological polar surface area (TPSA) is 57.7 Å². The molecule has 138 valence electrons. The predicted octanol–water partition coefficient (Wildman–Crippen LogP) is 2.98. The summed E-state index contributed by atoms with van der Waals surface area (Å²) in [6.45, 7) is 4.44. The predicted molar refractivity (Wildman–Crippen MR) is 104 cm³/mol. The molecule has 5 nitrogen and oxygen atoms in total. The highest BCUT2D eigenvalue weighted by molar-refractivity contribution is 7.92. The van der Waals surface area contributed by atoms with E-state index >= 15 is 0 Å². The van der Waals surface area contributed by atoms with Crippen LogP contribution in [0, 0.1) is 6.92 Å². The van der Waals surface area contributed by atoms with Gasteiger partial charge in [0.1, 0.15) is 0 Å². The number of nitrogens with zero attached hydrogens (tertiary/aromatic N) is 2. The van der Waals surface area contributed by atoms with Crippen LogP contribution in [0.5, 0.6) is 0 Å². The summed E-state index contributed by atoms with van der Waals surface area (Å²) < 4.78 is 25.5. The molecule has 1 atom stereocenters. The molecule has 1 heterocycles. The summed E-state index contributed by atoms with van der Waals surface area (Å²) in [7, 11) is -1.54. The van der Waals surface area contributed by atoms with Gasteiger partial charge in [0.15, 0.2) is 0 Å². The van der Waals surface area contributed by atoms with Crippen molar-refractivity contribution in [3.63, 3.8) is 0 Å². The van der Waals surface area contributed by atoms with Crippen LogP contribution in [0.4, 0.5) is 5.69 Å². The Morgan fingerprint density at radius 3 is 2.46 bits per heavy atom. The Hall–Kier alpha value is -2.34. The molecule has 0 radical (unpaired) electrons. The largest absolute Gasteiger partial charge is 0.337 e. The summed E-state index contributed by atoms with van der Waals surface area (Å²) >= 11 is 0. The summed E-state index contributed by atoms with van der Waals surface area (Å²) in [4.78, 5) is 14.4. The molecule has 3 rings (SSSR count). The van der Waals surface area contributed by atoms with E-state index in [0.717, 1.165) is 11.1 Å². The van der Waals surface area contributed by atoms with E-state index in [-0.39, 0.29) is 11.9 Å². The van der Waals surface area contributed by atoms with Gasteiger partial charge in [0.05, 0.1) is 11.9 Å². The molecule has 0 fully saturated rings. The van der Waals surface area contributed by atoms with Crippen LogP contribution in [0.2, 0.25) is 0 Å². The zero-order chi connectivity index (χ0) is 19.1. The molecule has 0 spiro atoms. The zero-order valence-electron chi connectivity index (χ0n) is 15.6. The third-order valence-corrected chi connectivity index (χ3v) is 6.00. The van der Waals surface area contributed by atoms with Gasteiger partial charge in [-0.3, -0.25) is 9.10 Å². The van der Waals surface area contributed by atoms with Gasteiger partial charge in [0.2, 0.25) is 10.0 Å². The van der Waals surface area contributed by atoms with Crippen molar-refractivity contribution in [2.24, 2.45) is 0 Å². The van der Waals surface area contributed by atoms with E-state index in [1.54, 1.807) is 24.1 Å². The maximum atomic E-state index is 12.8. The van der Waals surface area contributed by atoms with Crippen LogP contribution < -0.4 is 4.31 Å². The fraction of sp³-hybridized carbons (Fsp3) is 0.350. The highest BCUT2D eigenvalue weighted by atomic mass is 32.2. The first-order valence-electron chi connectivity index (χ1n) is 8.60. The van der Waals surface area contributed by atoms with E-state index in [0.29, 0.717) is 24.2 Å². The number of amides is 1. The van der Waals surface area contributed by atoms with Gasteiger partial charge in [0.25, 0.3) is 5.91 Å². The minimum atomic E-state index is -3.32. The normalized spacial score (nSPS) is 16.5. The smallest absolute Gasteiger partial charge is 0.253 e. The second-order valence-corrected chi connectivity index (χ2v) is 8.96. The molecule has 1 amide bonds. The quantitative estimate of drug-likeness (QED) is 0.829. The van der Waals surface area contributed by atoms with Crippen molar-refractivity contribution in [3.8, 4) is 0 Å². The van der Waals surface area contributed by atoms with Gasteiger partial charge in [-0.25, -0.2) is 8.42 Å². The zero-order valence-corrected chi connectivity index (χ0v) is 16.4. The van der Waals surface area contributed by atoms with Gasteiger partial charge < -0.3 is 4.90 Å². The summed E-state index contributed by atoms with van der Waals surface area (Å²) in [5.41, 5.74) is 4.42. The van der Waals surface area contributed by atoms with Crippen LogP contribution in [0.3, 0.4) is 0 Å². The van der Waals surface area contributed by atoms with Crippen molar-refractivity contribution >= 4 is 21.6 Å². The van der Waals surface area contributed by atoms with Gasteiger partial charge in [-0.2, -0.15) is 0 Å². The number of aryl methyl sites for hydroxylation is 1. The van der Waals surface area contributed by atoms with E-state index in [2.05, 4.69) is 0 Å². The number of rotatable bonds is 4. The fourth-order valence-electron chi connectivity index (χ4n) is 3.50. The number of fused-ring (bicyclic) bond motifs is 1. The summed E-state index contributed by atoms with van der Waals surface area (Å²) in [5.74, 6) is -0.0705. The Kier molecular flexibility index (Phi) is 4.80. The van der Waals surface area contributed by atoms with E-state index in [4.69, 9.17) is 0 Å². The molecule has 1 aliphatic heterocycles. The van der Waals surface area contributed by atoms with Gasteiger partial charge in [-0.05, 0) is 49.6 Å². The molecule has 0 saturated carbocycles. The maximum absolute atomic E-state index is 12.8. The molecule has 1 unspecified atom stereocenters. The molecule has 2 aromatic carbocycles. The summed E-state index contributed by atoms with van der Waals surface area (Å²) in [6.07, 6.45) is 1.83. The molecular weight excluding hydrogens is 348 g/mol. The van der Waals surface area contributed by atoms with E-state index in [1.165, 1.54) is 16.1 Å². The minimum Gasteiger partial charge on any atom is -0.337 e. The molecule has 0 bridgehead atoms. The van der Waals surface area contributed by atoms with Gasteiger partial charge in [-0.15, -0.1) is 0 Å². The highest BCUT2D eigenvalue weighted by Gasteiger charge is 2.33. The van der Waals surface area contributed by atoms with Crippen LogP contribution in [-0.4, -0.2) is 38.6 Å². The lowest BCUT2D eigenvalue weighted by molar-refractivity contribution is 0.0785. The van der Waals surface area contributed by atoms with E-state index in [1.807, 2.05) is 44.2 Å². The molecule has 6 heteroatoms. The number of carbonyl (C=O) groups excluding carboxylic acids is 1. The van der Waals surface area contributed by atoms with Crippen molar-refractivity contribution in [1.82, 2.24) is 4.90 Å². The molecule has 26 heavy (non-hydrogen) atoms. The molecule has 1 aliphatic rings. The Bertz CT molecular complexity index is 936. The van der Waals surface area contributed by atoms with Crippen molar-refractivity contribution < 1.29 is 13.2 Å². The first-order valence-corrected chi connectivity index (χ1v) is 10.4. The number of hydrogen-bond acceptors (Lipinski definition) is 3. The average molecular weight is 372 g/mol. The Morgan fingerprint density at radius 2 is 1.85 bits per heavy atom. The van der Waals surface area contributed by atoms with Crippen molar-refractivity contribution in [3.05, 3.63) is 64.7 Å². The lowest BCUT2D eigenvalue weighted by atomic mass is 10.1. The number of sulfonamides is 1. The van der Waals surface area contributed by atoms with Crippen molar-refractivity contribution in [1.29, 1.82) is 0 Å². The van der Waals surface area contributed by atoms with Crippen LogP contribution in [0.25, 0.3) is 0 Å². The lowest BCUT2D eigenvalue weighted by Gasteiger charge is -2.22. The molecule has 0 saturated heterocycles. The number of benzene rings is 2. The summed E-state index contributed by atoms with van der Waals surface area (Å²) in [5, 5.41) is 0. The van der Waals surface area contributed by atoms with Gasteiger partial charge in [0, 0.05) is 25.2 Å². The Labute approximate surface area is 155 Å². The van der Waals surface area contributed by atoms with Crippen molar-refractivity contribution in [2.45, 2.75) is 32.9 Å². The highest BCUT2D eigenvalue weighted by Crippen LogP contribution is 2.34. The minimum absolute atomic E-state index is 0.0705. The third kappa shape index (κ3) is 3.60. The molecule has 0 N–H and O–H groups in total. The van der Waals surface area contributed by atoms with Crippen LogP contribution in [-0.2, 0) is 23.0 Å².